The quantitative estimate of drug-likeness (QED) is 0.440. The van der Waals surface area contributed by atoms with E-state index in [9.17, 15) is 9.59 Å². The lowest BCUT2D eigenvalue weighted by Crippen LogP contribution is -2.28. The highest BCUT2D eigenvalue weighted by Crippen LogP contribution is 2.30. The van der Waals surface area contributed by atoms with Crippen molar-refractivity contribution in [3.8, 4) is 11.5 Å². The monoisotopic (exact) mass is 454 g/mol. The second-order valence-electron chi connectivity index (χ2n) is 6.92. The van der Waals surface area contributed by atoms with Crippen molar-refractivity contribution in [1.82, 2.24) is 5.32 Å². The fraction of sp³-hybridized carbons (Fsp3) is 0.250. The van der Waals surface area contributed by atoms with Gasteiger partial charge >= 0.3 is 0 Å². The molecule has 1 aromatic heterocycles. The van der Waals surface area contributed by atoms with Gasteiger partial charge in [-0.15, -0.1) is 11.3 Å². The third kappa shape index (κ3) is 5.87. The van der Waals surface area contributed by atoms with Gasteiger partial charge in [-0.1, -0.05) is 24.3 Å². The molecule has 0 aliphatic carbocycles. The van der Waals surface area contributed by atoms with Gasteiger partial charge in [0.1, 0.15) is 6.61 Å². The number of hydrogen-bond acceptors (Lipinski definition) is 6. The van der Waals surface area contributed by atoms with Crippen LogP contribution in [0.25, 0.3) is 0 Å². The molecule has 1 unspecified atom stereocenters. The summed E-state index contributed by atoms with van der Waals surface area (Å²) < 4.78 is 16.1. The van der Waals surface area contributed by atoms with Gasteiger partial charge < -0.3 is 24.8 Å². The Hall–Kier alpha value is -3.36. The summed E-state index contributed by atoms with van der Waals surface area (Å²) in [4.78, 5) is 26.0. The molecule has 2 amide bonds. The lowest BCUT2D eigenvalue weighted by atomic mass is 10.1. The van der Waals surface area contributed by atoms with E-state index in [4.69, 9.17) is 14.2 Å². The van der Waals surface area contributed by atoms with Crippen LogP contribution >= 0.6 is 11.3 Å². The number of para-hydroxylation sites is 1. The zero-order valence-corrected chi connectivity index (χ0v) is 19.0. The number of carbonyl (C=O) groups excluding carboxylic acids is 2. The second kappa shape index (κ2) is 11.3. The maximum atomic E-state index is 13.0. The van der Waals surface area contributed by atoms with Crippen molar-refractivity contribution < 1.29 is 23.8 Å². The van der Waals surface area contributed by atoms with E-state index in [2.05, 4.69) is 10.6 Å². The molecule has 1 atom stereocenters. The molecule has 3 rings (SSSR count). The van der Waals surface area contributed by atoms with Crippen LogP contribution in [0.2, 0.25) is 0 Å². The second-order valence-corrected chi connectivity index (χ2v) is 7.87. The van der Waals surface area contributed by atoms with Gasteiger partial charge in [0.25, 0.3) is 11.8 Å². The number of methoxy groups -OCH3 is 2. The first-order valence-corrected chi connectivity index (χ1v) is 11.0. The minimum atomic E-state index is -0.300. The lowest BCUT2D eigenvalue weighted by Gasteiger charge is -2.18. The molecule has 3 aromatic rings. The largest absolute Gasteiger partial charge is 0.493 e. The van der Waals surface area contributed by atoms with Crippen molar-refractivity contribution in [1.29, 1.82) is 0 Å². The molecule has 0 spiro atoms. The smallest absolute Gasteiger partial charge is 0.265 e. The third-order valence-corrected chi connectivity index (χ3v) is 5.61. The van der Waals surface area contributed by atoms with Crippen LogP contribution in [0.3, 0.4) is 0 Å². The van der Waals surface area contributed by atoms with E-state index in [0.29, 0.717) is 40.8 Å². The molecule has 168 valence electrons. The van der Waals surface area contributed by atoms with Crippen LogP contribution < -0.4 is 20.1 Å². The molecule has 1 heterocycles. The highest BCUT2D eigenvalue weighted by molar-refractivity contribution is 7.12. The molecule has 0 bridgehead atoms. The number of amides is 2. The number of ether oxygens (including phenoxy) is 3. The maximum absolute atomic E-state index is 13.0. The Morgan fingerprint density at radius 1 is 0.969 bits per heavy atom. The van der Waals surface area contributed by atoms with Crippen molar-refractivity contribution in [2.24, 2.45) is 0 Å². The van der Waals surface area contributed by atoms with E-state index in [0.717, 1.165) is 5.56 Å². The summed E-state index contributed by atoms with van der Waals surface area (Å²) in [6.07, 6.45) is 0. The number of rotatable bonds is 10. The Kier molecular flexibility index (Phi) is 8.24. The molecule has 0 radical (unpaired) electrons. The number of hydrogen-bond donors (Lipinski definition) is 2. The summed E-state index contributed by atoms with van der Waals surface area (Å²) in [7, 11) is 3.18. The van der Waals surface area contributed by atoms with Crippen LogP contribution in [0.1, 0.15) is 38.6 Å². The zero-order valence-electron chi connectivity index (χ0n) is 18.2. The van der Waals surface area contributed by atoms with Crippen molar-refractivity contribution in [3.63, 3.8) is 0 Å². The number of thiophene rings is 1. The van der Waals surface area contributed by atoms with E-state index >= 15 is 0 Å². The summed E-state index contributed by atoms with van der Waals surface area (Å²) in [5.41, 5.74) is 1.69. The first-order valence-electron chi connectivity index (χ1n) is 10.1. The topological polar surface area (TPSA) is 85.9 Å². The number of nitrogens with one attached hydrogen (secondary N) is 2. The van der Waals surface area contributed by atoms with Gasteiger partial charge in [0.15, 0.2) is 11.5 Å². The fourth-order valence-electron chi connectivity index (χ4n) is 3.05. The van der Waals surface area contributed by atoms with Crippen molar-refractivity contribution in [3.05, 3.63) is 76.0 Å². The summed E-state index contributed by atoms with van der Waals surface area (Å²) in [6, 6.07) is 15.7. The first-order chi connectivity index (χ1) is 15.5. The van der Waals surface area contributed by atoms with Gasteiger partial charge in [0.05, 0.1) is 35.9 Å². The molecule has 8 heteroatoms. The fourth-order valence-corrected chi connectivity index (χ4v) is 3.67. The molecule has 0 aliphatic rings. The molecule has 7 nitrogen and oxygen atoms in total. The average molecular weight is 455 g/mol. The molecule has 0 saturated heterocycles. The molecular formula is C24H26N2O5S. The Balaban J connectivity index is 1.71. The van der Waals surface area contributed by atoms with Crippen LogP contribution in [0.5, 0.6) is 11.5 Å². The van der Waals surface area contributed by atoms with Gasteiger partial charge in [-0.3, -0.25) is 9.59 Å². The van der Waals surface area contributed by atoms with E-state index in [1.807, 2.05) is 36.6 Å². The van der Waals surface area contributed by atoms with Gasteiger partial charge in [-0.05, 0) is 48.2 Å². The van der Waals surface area contributed by atoms with E-state index in [1.165, 1.54) is 11.3 Å². The Bertz CT molecular complexity index is 1050. The zero-order chi connectivity index (χ0) is 22.9. The predicted molar refractivity (Wildman–Crippen MR) is 125 cm³/mol. The summed E-state index contributed by atoms with van der Waals surface area (Å²) in [5, 5.41) is 7.63. The standard InChI is InChI=1S/C24H26N2O5S/c1-16(17-10-11-20(21(15-17)30-3)31-13-12-29-2)25-23(27)18-7-4-5-8-19(18)26-24(28)22-9-6-14-32-22/h4-11,14-16H,12-13H2,1-3H3,(H,25,27)(H,26,28). The number of carbonyl (C=O) groups is 2. The molecule has 2 aromatic carbocycles. The highest BCUT2D eigenvalue weighted by Gasteiger charge is 2.18. The summed E-state index contributed by atoms with van der Waals surface area (Å²) >= 11 is 1.34. The third-order valence-electron chi connectivity index (χ3n) is 4.75. The van der Waals surface area contributed by atoms with Gasteiger partial charge in [0, 0.05) is 7.11 Å². The minimum Gasteiger partial charge on any atom is -0.493 e. The van der Waals surface area contributed by atoms with Crippen molar-refractivity contribution in [2.45, 2.75) is 13.0 Å². The predicted octanol–water partition coefficient (Wildman–Crippen LogP) is 4.53. The van der Waals surface area contributed by atoms with Gasteiger partial charge in [-0.25, -0.2) is 0 Å². The summed E-state index contributed by atoms with van der Waals surface area (Å²) in [5.74, 6) is 0.637. The SMILES string of the molecule is COCCOc1ccc(C(C)NC(=O)c2ccccc2NC(=O)c2cccs2)cc1OC. The van der Waals surface area contributed by atoms with Gasteiger partial charge in [0.2, 0.25) is 0 Å². The first kappa shape index (κ1) is 23.3. The normalized spacial score (nSPS) is 11.5. The lowest BCUT2D eigenvalue weighted by molar-refractivity contribution is 0.0940. The highest BCUT2D eigenvalue weighted by atomic mass is 32.1. The Morgan fingerprint density at radius 2 is 1.78 bits per heavy atom. The minimum absolute atomic E-state index is 0.248. The number of anilines is 1. The van der Waals surface area contributed by atoms with Gasteiger partial charge in [-0.2, -0.15) is 0 Å². The molecule has 32 heavy (non-hydrogen) atoms. The van der Waals surface area contributed by atoms with Crippen LogP contribution in [-0.4, -0.2) is 39.2 Å². The van der Waals surface area contributed by atoms with Crippen LogP contribution in [-0.2, 0) is 4.74 Å². The van der Waals surface area contributed by atoms with E-state index < -0.39 is 0 Å². The van der Waals surface area contributed by atoms with Crippen LogP contribution in [0.4, 0.5) is 5.69 Å². The van der Waals surface area contributed by atoms with E-state index in [1.54, 1.807) is 44.6 Å². The van der Waals surface area contributed by atoms with Crippen LogP contribution in [0.15, 0.2) is 60.0 Å². The summed E-state index contributed by atoms with van der Waals surface area (Å²) in [6.45, 7) is 2.76. The van der Waals surface area contributed by atoms with Crippen molar-refractivity contribution >= 4 is 28.8 Å². The Labute approximate surface area is 191 Å². The Morgan fingerprint density at radius 3 is 2.50 bits per heavy atom. The number of benzene rings is 2. The average Bonchev–Trinajstić information content (AvgIpc) is 3.35. The molecular weight excluding hydrogens is 428 g/mol. The van der Waals surface area contributed by atoms with Crippen LogP contribution in [0, 0.1) is 0 Å². The van der Waals surface area contributed by atoms with Crippen molar-refractivity contribution in [2.75, 3.05) is 32.8 Å². The van der Waals surface area contributed by atoms with E-state index in [-0.39, 0.29) is 17.9 Å². The molecule has 0 aliphatic heterocycles. The molecule has 0 saturated carbocycles. The molecule has 2 N–H and O–H groups in total. The maximum Gasteiger partial charge on any atom is 0.265 e. The molecule has 0 fully saturated rings.